The molecule has 0 spiro atoms. The number of benzene rings is 3. The molecule has 300 valence electrons. The first-order valence-corrected chi connectivity index (χ1v) is 16.5. The van der Waals surface area contributed by atoms with E-state index in [-0.39, 0.29) is 78.9 Å². The van der Waals surface area contributed by atoms with Crippen molar-refractivity contribution in [3.05, 3.63) is 160 Å². The summed E-state index contributed by atoms with van der Waals surface area (Å²) >= 11 is 0. The number of hydrogen-bond donors (Lipinski definition) is 0. The van der Waals surface area contributed by atoms with Crippen LogP contribution in [-0.4, -0.2) is 29.9 Å². The van der Waals surface area contributed by atoms with E-state index in [9.17, 15) is 38.6 Å². The Labute approximate surface area is 364 Å². The Kier molecular flexibility index (Phi) is 14.2. The summed E-state index contributed by atoms with van der Waals surface area (Å²) in [7, 11) is 0. The van der Waals surface area contributed by atoms with Crippen LogP contribution in [0.2, 0.25) is 0 Å². The smallest absolute Gasteiger partial charge is 0.307 e. The summed E-state index contributed by atoms with van der Waals surface area (Å²) in [5.41, 5.74) is -3.58. The molecular formula is C42H4F4N20. The third-order valence-electron chi connectivity index (χ3n) is 8.00. The van der Waals surface area contributed by atoms with Gasteiger partial charge in [-0.1, -0.05) is 37.4 Å². The van der Waals surface area contributed by atoms with Gasteiger partial charge in [-0.3, -0.25) is 0 Å². The average molecular weight is 865 g/mol. The summed E-state index contributed by atoms with van der Waals surface area (Å²) in [5.74, 6) is -8.65. The molecule has 0 fully saturated rings. The van der Waals surface area contributed by atoms with Gasteiger partial charge in [0.05, 0.1) is 61.0 Å². The summed E-state index contributed by atoms with van der Waals surface area (Å²) in [4.78, 5) is 42.2. The van der Waals surface area contributed by atoms with E-state index in [0.29, 0.717) is 10.4 Å². The van der Waals surface area contributed by atoms with Crippen LogP contribution in [0, 0.1) is 153 Å². The van der Waals surface area contributed by atoms with Gasteiger partial charge < -0.3 is 9.69 Å². The second-order valence-corrected chi connectivity index (χ2v) is 11.3. The minimum absolute atomic E-state index is 0.00660. The Hall–Kier alpha value is -12.3. The van der Waals surface area contributed by atoms with Crippen LogP contribution in [-0.2, 0) is 0 Å². The van der Waals surface area contributed by atoms with Crippen LogP contribution < -0.4 is 20.9 Å². The van der Waals surface area contributed by atoms with Gasteiger partial charge in [0.25, 0.3) is 22.8 Å². The van der Waals surface area contributed by atoms with Gasteiger partial charge in [0, 0.05) is 0 Å². The zero-order valence-corrected chi connectivity index (χ0v) is 31.8. The fourth-order valence-corrected chi connectivity index (χ4v) is 5.16. The quantitative estimate of drug-likeness (QED) is 0.0893. The van der Waals surface area contributed by atoms with E-state index in [1.54, 1.807) is 60.7 Å². The zero-order valence-electron chi connectivity index (χ0n) is 31.8. The van der Waals surface area contributed by atoms with Crippen LogP contribution in [0.5, 0.6) is 0 Å². The summed E-state index contributed by atoms with van der Waals surface area (Å²) in [6.07, 6.45) is 0. The van der Waals surface area contributed by atoms with Crippen molar-refractivity contribution in [2.75, 3.05) is 0 Å². The highest BCUT2D eigenvalue weighted by Crippen LogP contribution is 2.33. The lowest BCUT2D eigenvalue weighted by Crippen LogP contribution is -2.30. The van der Waals surface area contributed by atoms with E-state index >= 15 is 0 Å². The largest absolute Gasteiger partial charge is 0.358 e. The van der Waals surface area contributed by atoms with Gasteiger partial charge in [-0.2, -0.15) is 21.0 Å². The second kappa shape index (κ2) is 20.1. The number of rotatable bonds is 0. The van der Waals surface area contributed by atoms with Crippen LogP contribution in [0.1, 0.15) is 22.8 Å². The predicted octanol–water partition coefficient (Wildman–Crippen LogP) is 4.24. The number of nitriles is 8. The molecule has 24 heteroatoms. The molecule has 0 radical (unpaired) electrons. The number of nitrogens with zero attached hydrogens (tertiary/aromatic N) is 20. The highest BCUT2D eigenvalue weighted by molar-refractivity contribution is 6.18. The van der Waals surface area contributed by atoms with Gasteiger partial charge in [0.15, 0.2) is 46.0 Å². The van der Waals surface area contributed by atoms with Gasteiger partial charge in [0.2, 0.25) is 11.0 Å². The second-order valence-electron chi connectivity index (χ2n) is 11.3. The maximum absolute atomic E-state index is 13.6. The molecule has 0 atom stereocenters. The van der Waals surface area contributed by atoms with Crippen molar-refractivity contribution in [2.24, 2.45) is 0 Å². The Balaban J connectivity index is 0.000000231. The highest BCUT2D eigenvalue weighted by Gasteiger charge is 2.27. The molecule has 0 saturated carbocycles. The molecule has 3 aromatic heterocycles. The highest BCUT2D eigenvalue weighted by atomic mass is 19.2. The van der Waals surface area contributed by atoms with E-state index in [0.717, 1.165) is 12.1 Å². The molecule has 66 heavy (non-hydrogen) atoms. The monoisotopic (exact) mass is 864 g/mol. The summed E-state index contributed by atoms with van der Waals surface area (Å²) in [6.45, 7) is 41.0. The third-order valence-corrected chi connectivity index (χ3v) is 8.00. The maximum atomic E-state index is 13.6. The van der Waals surface area contributed by atoms with Gasteiger partial charge in [-0.25, -0.2) is 77.9 Å². The lowest BCUT2D eigenvalue weighted by Gasteiger charge is -2.06. The topological polar surface area (TPSA) is 294 Å². The van der Waals surface area contributed by atoms with Crippen molar-refractivity contribution in [1.29, 1.82) is 42.1 Å². The van der Waals surface area contributed by atoms with E-state index < -0.39 is 45.1 Å². The Morgan fingerprint density at radius 3 is 0.833 bits per heavy atom. The van der Waals surface area contributed by atoms with E-state index in [1.807, 2.05) is 0 Å². The van der Waals surface area contributed by atoms with Crippen molar-refractivity contribution in [2.45, 2.75) is 0 Å². The standard InChI is InChI=1S/C18N12.C12F4N4.C12H4N4/c1-23-17-9(5-21)27-13-11-12(26-8(4-20)7(3-19)25-11)14-16(15(13)29-17)30-18(24-2)10(6-22)28-14;1-19-5(3-17)7-9(13)11(15)8(6(4-18)20-2)12(16)10(7)14;1-15-11(7-13)9-3-5-10(6-4-9)12(8-14)16-2/h;;3-6H. The molecule has 6 aromatic rings. The van der Waals surface area contributed by atoms with Crippen molar-refractivity contribution >= 4 is 67.5 Å². The fraction of sp³-hybridized carbons (Fsp3) is 0. The molecule has 0 saturated heterocycles. The lowest BCUT2D eigenvalue weighted by molar-refractivity contribution is 0.434. The predicted molar refractivity (Wildman–Crippen MR) is 211 cm³/mol. The van der Waals surface area contributed by atoms with Gasteiger partial charge in [-0.15, -0.1) is 9.97 Å². The van der Waals surface area contributed by atoms with Crippen molar-refractivity contribution in [1.82, 2.24) is 29.9 Å². The fourth-order valence-electron chi connectivity index (χ4n) is 5.16. The van der Waals surface area contributed by atoms with Gasteiger partial charge in [0.1, 0.15) is 46.3 Å². The third kappa shape index (κ3) is 8.43. The van der Waals surface area contributed by atoms with Crippen molar-refractivity contribution in [3.8, 4) is 48.6 Å². The number of halogens is 4. The van der Waals surface area contributed by atoms with Gasteiger partial charge in [-0.05, 0) is 10.4 Å². The normalized spacial score (nSPS) is 9.00. The van der Waals surface area contributed by atoms with Crippen LogP contribution in [0.15, 0.2) is 24.3 Å². The minimum Gasteiger partial charge on any atom is -0.358 e. The Morgan fingerprint density at radius 2 is 0.621 bits per heavy atom. The Bertz CT molecular complexity index is 3500. The van der Waals surface area contributed by atoms with Crippen LogP contribution in [0.4, 0.5) is 29.2 Å². The molecule has 3 heterocycles. The van der Waals surface area contributed by atoms with Crippen LogP contribution >= 0.6 is 0 Å². The van der Waals surface area contributed by atoms with Crippen LogP contribution in [0.3, 0.4) is 0 Å². The lowest BCUT2D eigenvalue weighted by atomic mass is 10.1. The molecular weight excluding hydrogens is 861 g/mol. The molecule has 0 unspecified atom stereocenters. The summed E-state index contributed by atoms with van der Waals surface area (Å²) in [6, 6.07) is 19.0. The molecule has 20 nitrogen and oxygen atoms in total. The molecule has 0 N–H and O–H groups in total. The first-order valence-electron chi connectivity index (χ1n) is 16.5. The van der Waals surface area contributed by atoms with Crippen molar-refractivity contribution < 1.29 is 17.6 Å². The maximum Gasteiger partial charge on any atom is 0.307 e. The minimum atomic E-state index is -2.01. The zero-order chi connectivity index (χ0) is 48.8. The molecule has 0 bridgehead atoms. The van der Waals surface area contributed by atoms with E-state index in [4.69, 9.17) is 60.5 Å². The molecule has 3 aromatic carbocycles. The summed E-state index contributed by atoms with van der Waals surface area (Å²) < 4.78 is 54.6. The van der Waals surface area contributed by atoms with Gasteiger partial charge >= 0.3 is 11.6 Å². The Morgan fingerprint density at radius 1 is 0.379 bits per heavy atom. The SMILES string of the molecule is [C-]#[N+]C(C#N)=c1c(F)c(F)c(=C(C#N)[N+]#[C-])c(F)c1F.[C-]#[N+]C(C#N)=c1ccc(=C(C#N)[N+]#[C-])cc1.[C-]#[N+]c1nc2c(nc1C#N)c1nc(C#N)c(C#N)nc1c1nc(C#N)c([N+]#[C-])nc12. The average Bonchev–Trinajstić information content (AvgIpc) is 3.36. The van der Waals surface area contributed by atoms with E-state index in [1.165, 1.54) is 0 Å². The molecule has 0 amide bonds. The number of fused-ring (bicyclic) bond motifs is 6. The molecule has 6 rings (SSSR count). The summed E-state index contributed by atoms with van der Waals surface area (Å²) in [5, 5.41) is 69.5. The number of hydrogen-bond acceptors (Lipinski definition) is 14. The first kappa shape index (κ1) is 46.4. The number of aromatic nitrogens is 6. The van der Waals surface area contributed by atoms with Crippen LogP contribution in [0.25, 0.3) is 85.0 Å². The molecule has 0 aliphatic carbocycles. The van der Waals surface area contributed by atoms with Crippen molar-refractivity contribution in [3.63, 3.8) is 0 Å². The first-order chi connectivity index (χ1) is 31.8. The van der Waals surface area contributed by atoms with E-state index in [2.05, 4.69) is 59.0 Å². The molecule has 0 aliphatic rings. The molecule has 0 aliphatic heterocycles.